The minimum atomic E-state index is 0.0504. The number of halogens is 1. The normalized spacial score (nSPS) is 10.8. The molecule has 0 aliphatic rings. The van der Waals surface area contributed by atoms with E-state index in [2.05, 4.69) is 25.9 Å². The van der Waals surface area contributed by atoms with Crippen LogP contribution in [0.25, 0.3) is 11.0 Å². The Morgan fingerprint density at radius 3 is 3.05 bits per heavy atom. The first kappa shape index (κ1) is 13.8. The number of ketones is 1. The largest absolute Gasteiger partial charge is 0.497 e. The Labute approximate surface area is 130 Å². The molecule has 106 valence electrons. The van der Waals surface area contributed by atoms with Gasteiger partial charge < -0.3 is 9.72 Å². The number of carbonyl (C=O) groups is 1. The SMILES string of the molecule is COc1cccc(CC(=O)c2c[nH]c3ncc(Br)cc23)c1. The molecule has 21 heavy (non-hydrogen) atoms. The summed E-state index contributed by atoms with van der Waals surface area (Å²) in [6.45, 7) is 0. The summed E-state index contributed by atoms with van der Waals surface area (Å²) in [5.41, 5.74) is 2.30. The lowest BCUT2D eigenvalue weighted by Crippen LogP contribution is -2.03. The summed E-state index contributed by atoms with van der Waals surface area (Å²) < 4.78 is 6.03. The fourth-order valence-corrected chi connectivity index (χ4v) is 2.60. The average Bonchev–Trinajstić information content (AvgIpc) is 2.90. The molecule has 0 radical (unpaired) electrons. The van der Waals surface area contributed by atoms with Crippen molar-refractivity contribution in [3.05, 3.63) is 58.3 Å². The monoisotopic (exact) mass is 344 g/mol. The molecule has 0 unspecified atom stereocenters. The number of pyridine rings is 1. The van der Waals surface area contributed by atoms with Crippen molar-refractivity contribution in [3.63, 3.8) is 0 Å². The Hall–Kier alpha value is -2.14. The first-order chi connectivity index (χ1) is 10.2. The van der Waals surface area contributed by atoms with Crippen LogP contribution in [0.15, 0.2) is 47.2 Å². The van der Waals surface area contributed by atoms with E-state index >= 15 is 0 Å². The second-order valence-corrected chi connectivity index (χ2v) is 5.62. The smallest absolute Gasteiger partial charge is 0.169 e. The number of nitrogens with one attached hydrogen (secondary N) is 1. The molecule has 3 rings (SSSR count). The zero-order valence-electron chi connectivity index (χ0n) is 11.4. The number of aromatic nitrogens is 2. The molecule has 4 nitrogen and oxygen atoms in total. The van der Waals surface area contributed by atoms with Gasteiger partial charge in [0.25, 0.3) is 0 Å². The van der Waals surface area contributed by atoms with Gasteiger partial charge in [-0.05, 0) is 39.7 Å². The molecular formula is C16H13BrN2O2. The Balaban J connectivity index is 1.91. The summed E-state index contributed by atoms with van der Waals surface area (Å²) >= 11 is 3.38. The topological polar surface area (TPSA) is 55.0 Å². The van der Waals surface area contributed by atoms with Crippen LogP contribution in [0.2, 0.25) is 0 Å². The summed E-state index contributed by atoms with van der Waals surface area (Å²) in [6, 6.07) is 9.44. The van der Waals surface area contributed by atoms with Crippen LogP contribution in [0.4, 0.5) is 0 Å². The molecule has 0 bridgehead atoms. The van der Waals surface area contributed by atoms with E-state index in [-0.39, 0.29) is 5.78 Å². The second-order valence-electron chi connectivity index (χ2n) is 4.70. The Bertz CT molecular complexity index is 811. The molecule has 0 fully saturated rings. The highest BCUT2D eigenvalue weighted by molar-refractivity contribution is 9.10. The van der Waals surface area contributed by atoms with Gasteiger partial charge in [-0.2, -0.15) is 0 Å². The molecule has 5 heteroatoms. The number of hydrogen-bond acceptors (Lipinski definition) is 3. The van der Waals surface area contributed by atoms with Crippen molar-refractivity contribution < 1.29 is 9.53 Å². The predicted molar refractivity (Wildman–Crippen MR) is 84.8 cm³/mol. The molecule has 0 spiro atoms. The van der Waals surface area contributed by atoms with Crippen molar-refractivity contribution in [1.82, 2.24) is 9.97 Å². The van der Waals surface area contributed by atoms with E-state index in [9.17, 15) is 4.79 Å². The minimum Gasteiger partial charge on any atom is -0.497 e. The van der Waals surface area contributed by atoms with Gasteiger partial charge >= 0.3 is 0 Å². The zero-order chi connectivity index (χ0) is 14.8. The molecule has 1 aromatic carbocycles. The van der Waals surface area contributed by atoms with E-state index in [1.807, 2.05) is 30.3 Å². The second kappa shape index (κ2) is 5.69. The van der Waals surface area contributed by atoms with Crippen LogP contribution >= 0.6 is 15.9 Å². The summed E-state index contributed by atoms with van der Waals surface area (Å²) in [6.07, 6.45) is 3.75. The summed E-state index contributed by atoms with van der Waals surface area (Å²) in [4.78, 5) is 19.8. The van der Waals surface area contributed by atoms with Crippen molar-refractivity contribution >= 4 is 32.7 Å². The number of aromatic amines is 1. The number of hydrogen-bond donors (Lipinski definition) is 1. The van der Waals surface area contributed by atoms with E-state index in [0.717, 1.165) is 21.2 Å². The van der Waals surface area contributed by atoms with E-state index < -0.39 is 0 Å². The lowest BCUT2D eigenvalue weighted by molar-refractivity contribution is 0.0994. The van der Waals surface area contributed by atoms with Crippen LogP contribution in [0.3, 0.4) is 0 Å². The van der Waals surface area contributed by atoms with E-state index in [1.54, 1.807) is 19.5 Å². The van der Waals surface area contributed by atoms with Gasteiger partial charge in [0.1, 0.15) is 11.4 Å². The first-order valence-electron chi connectivity index (χ1n) is 6.46. The Morgan fingerprint density at radius 2 is 2.24 bits per heavy atom. The maximum atomic E-state index is 12.5. The molecule has 1 N–H and O–H groups in total. The predicted octanol–water partition coefficient (Wildman–Crippen LogP) is 3.76. The van der Waals surface area contributed by atoms with Crippen LogP contribution in [-0.4, -0.2) is 22.9 Å². The van der Waals surface area contributed by atoms with Gasteiger partial charge in [0.05, 0.1) is 7.11 Å². The Morgan fingerprint density at radius 1 is 1.38 bits per heavy atom. The number of H-pyrrole nitrogens is 1. The number of ether oxygens (including phenoxy) is 1. The summed E-state index contributed by atoms with van der Waals surface area (Å²) in [5, 5.41) is 0.831. The van der Waals surface area contributed by atoms with Gasteiger partial charge in [-0.1, -0.05) is 12.1 Å². The van der Waals surface area contributed by atoms with Crippen LogP contribution < -0.4 is 4.74 Å². The van der Waals surface area contributed by atoms with Gasteiger partial charge in [-0.25, -0.2) is 4.98 Å². The van der Waals surface area contributed by atoms with Crippen molar-refractivity contribution in [2.24, 2.45) is 0 Å². The van der Waals surface area contributed by atoms with E-state index in [0.29, 0.717) is 17.6 Å². The highest BCUT2D eigenvalue weighted by Gasteiger charge is 2.14. The fourth-order valence-electron chi connectivity index (χ4n) is 2.27. The molecule has 0 amide bonds. The number of methoxy groups -OCH3 is 1. The number of rotatable bonds is 4. The number of Topliss-reactive ketones (excluding diaryl/α,β-unsaturated/α-hetero) is 1. The van der Waals surface area contributed by atoms with Gasteiger partial charge in [0.15, 0.2) is 5.78 Å². The van der Waals surface area contributed by atoms with Crippen molar-refractivity contribution in [1.29, 1.82) is 0 Å². The highest BCUT2D eigenvalue weighted by atomic mass is 79.9. The standard InChI is InChI=1S/C16H13BrN2O2/c1-21-12-4-2-3-10(5-12)6-15(20)14-9-19-16-13(14)7-11(17)8-18-16/h2-5,7-9H,6H2,1H3,(H,18,19). The zero-order valence-corrected chi connectivity index (χ0v) is 13.0. The molecule has 0 atom stereocenters. The quantitative estimate of drug-likeness (QED) is 0.733. The number of fused-ring (bicyclic) bond motifs is 1. The molecule has 2 aromatic heterocycles. The molecule has 0 aliphatic heterocycles. The number of carbonyl (C=O) groups excluding carboxylic acids is 1. The fraction of sp³-hybridized carbons (Fsp3) is 0.125. The van der Waals surface area contributed by atoms with E-state index in [1.165, 1.54) is 0 Å². The van der Waals surface area contributed by atoms with Crippen molar-refractivity contribution in [3.8, 4) is 5.75 Å². The third kappa shape index (κ3) is 2.83. The van der Waals surface area contributed by atoms with E-state index in [4.69, 9.17) is 4.74 Å². The van der Waals surface area contributed by atoms with Crippen LogP contribution in [0.1, 0.15) is 15.9 Å². The van der Waals surface area contributed by atoms with Crippen molar-refractivity contribution in [2.45, 2.75) is 6.42 Å². The molecule has 2 heterocycles. The maximum Gasteiger partial charge on any atom is 0.169 e. The van der Waals surface area contributed by atoms with Crippen molar-refractivity contribution in [2.75, 3.05) is 7.11 Å². The first-order valence-corrected chi connectivity index (χ1v) is 7.25. The van der Waals surface area contributed by atoms with Gasteiger partial charge in [0.2, 0.25) is 0 Å². The minimum absolute atomic E-state index is 0.0504. The molecule has 0 saturated heterocycles. The van der Waals surface area contributed by atoms with Crippen LogP contribution in [0, 0.1) is 0 Å². The van der Waals surface area contributed by atoms with Gasteiger partial charge in [0, 0.05) is 34.2 Å². The third-order valence-corrected chi connectivity index (χ3v) is 3.73. The summed E-state index contributed by atoms with van der Waals surface area (Å²) in [5.74, 6) is 0.804. The average molecular weight is 345 g/mol. The van der Waals surface area contributed by atoms with Crippen LogP contribution in [0.5, 0.6) is 5.75 Å². The lowest BCUT2D eigenvalue weighted by atomic mass is 10.0. The maximum absolute atomic E-state index is 12.5. The number of benzene rings is 1. The highest BCUT2D eigenvalue weighted by Crippen LogP contribution is 2.22. The molecule has 3 aromatic rings. The molecular weight excluding hydrogens is 332 g/mol. The Kier molecular flexibility index (Phi) is 3.75. The lowest BCUT2D eigenvalue weighted by Gasteiger charge is -2.04. The van der Waals surface area contributed by atoms with Gasteiger partial charge in [-0.15, -0.1) is 0 Å². The van der Waals surface area contributed by atoms with Crippen LogP contribution in [-0.2, 0) is 6.42 Å². The molecule has 0 saturated carbocycles. The third-order valence-electron chi connectivity index (χ3n) is 3.30. The van der Waals surface area contributed by atoms with Gasteiger partial charge in [-0.3, -0.25) is 4.79 Å². The summed E-state index contributed by atoms with van der Waals surface area (Å²) in [7, 11) is 1.61. The number of nitrogens with zero attached hydrogens (tertiary/aromatic N) is 1. The molecule has 0 aliphatic carbocycles.